The number of rotatable bonds is 6. The van der Waals surface area contributed by atoms with E-state index in [1.165, 1.54) is 39.0 Å². The van der Waals surface area contributed by atoms with Crippen LogP contribution in [0.25, 0.3) is 26.3 Å². The molecule has 0 fully saturated rings. The molecular weight excluding hydrogens is 438 g/mol. The van der Waals surface area contributed by atoms with Crippen LogP contribution in [-0.2, 0) is 6.54 Å². The third kappa shape index (κ3) is 3.85. The van der Waals surface area contributed by atoms with Crippen molar-refractivity contribution in [2.75, 3.05) is 0 Å². The van der Waals surface area contributed by atoms with Crippen LogP contribution >= 0.6 is 11.3 Å². The molecule has 0 aliphatic rings. The molecule has 8 nitrogen and oxygen atoms in total. The van der Waals surface area contributed by atoms with Crippen LogP contribution in [0.3, 0.4) is 0 Å². The van der Waals surface area contributed by atoms with E-state index in [1.807, 2.05) is 36.4 Å². The molecule has 2 aromatic carbocycles. The standard InChI is InChI=1S/C21H14F2N6O2S/c22-21(23)31-15-8-6-14(7-9-15)29-18(25-26-27-29)11-28-12-24-16-10-17(32-19(16)20(28)30)13-4-2-1-3-5-13/h1-10,12,21H,11H2. The summed E-state index contributed by atoms with van der Waals surface area (Å²) >= 11 is 1.38. The summed E-state index contributed by atoms with van der Waals surface area (Å²) in [6.45, 7) is -2.82. The molecule has 0 atom stereocenters. The topological polar surface area (TPSA) is 87.7 Å². The molecule has 0 saturated carbocycles. The van der Waals surface area contributed by atoms with E-state index in [2.05, 4.69) is 25.2 Å². The van der Waals surface area contributed by atoms with E-state index in [1.54, 1.807) is 12.1 Å². The van der Waals surface area contributed by atoms with Gasteiger partial charge in [-0.3, -0.25) is 9.36 Å². The number of fused-ring (bicyclic) bond motifs is 1. The molecule has 0 aliphatic carbocycles. The SMILES string of the molecule is O=c1c2sc(-c3ccccc3)cc2ncn1Cc1nnnn1-c1ccc(OC(F)F)cc1. The summed E-state index contributed by atoms with van der Waals surface area (Å²) in [7, 11) is 0. The van der Waals surface area contributed by atoms with Gasteiger partial charge in [0.2, 0.25) is 0 Å². The molecular formula is C21H14F2N6O2S. The van der Waals surface area contributed by atoms with Gasteiger partial charge in [0.1, 0.15) is 10.4 Å². The van der Waals surface area contributed by atoms with Gasteiger partial charge < -0.3 is 4.74 Å². The molecule has 0 amide bonds. The highest BCUT2D eigenvalue weighted by atomic mass is 32.1. The van der Waals surface area contributed by atoms with Gasteiger partial charge >= 0.3 is 6.61 Å². The monoisotopic (exact) mass is 452 g/mol. The van der Waals surface area contributed by atoms with Crippen molar-refractivity contribution in [1.29, 1.82) is 0 Å². The summed E-state index contributed by atoms with van der Waals surface area (Å²) < 4.78 is 32.5. The molecule has 5 rings (SSSR count). The molecule has 3 heterocycles. The fourth-order valence-electron chi connectivity index (χ4n) is 3.23. The van der Waals surface area contributed by atoms with E-state index in [9.17, 15) is 13.6 Å². The second kappa shape index (κ2) is 8.27. The van der Waals surface area contributed by atoms with Gasteiger partial charge in [-0.25, -0.2) is 4.98 Å². The molecule has 32 heavy (non-hydrogen) atoms. The zero-order valence-electron chi connectivity index (χ0n) is 16.3. The third-order valence-corrected chi connectivity index (χ3v) is 5.88. The van der Waals surface area contributed by atoms with Gasteiger partial charge in [-0.1, -0.05) is 30.3 Å². The summed E-state index contributed by atoms with van der Waals surface area (Å²) in [5.74, 6) is 0.409. The van der Waals surface area contributed by atoms with Gasteiger partial charge in [-0.2, -0.15) is 13.5 Å². The molecule has 3 aromatic heterocycles. The van der Waals surface area contributed by atoms with Crippen LogP contribution in [0, 0.1) is 0 Å². The number of hydrogen-bond donors (Lipinski definition) is 0. The van der Waals surface area contributed by atoms with Crippen molar-refractivity contribution in [1.82, 2.24) is 29.8 Å². The Labute approximate surface area is 183 Å². The summed E-state index contributed by atoms with van der Waals surface area (Å²) in [6.07, 6.45) is 1.46. The second-order valence-electron chi connectivity index (χ2n) is 6.75. The number of alkyl halides is 2. The zero-order valence-corrected chi connectivity index (χ0v) is 17.1. The third-order valence-electron chi connectivity index (χ3n) is 4.71. The second-order valence-corrected chi connectivity index (χ2v) is 7.80. The minimum absolute atomic E-state index is 0.0242. The zero-order chi connectivity index (χ0) is 22.1. The summed E-state index contributed by atoms with van der Waals surface area (Å²) in [5.41, 5.74) is 1.99. The Kier molecular flexibility index (Phi) is 5.15. The minimum atomic E-state index is -2.90. The number of tetrazole rings is 1. The Hall–Kier alpha value is -3.99. The Bertz CT molecular complexity index is 1430. The van der Waals surface area contributed by atoms with E-state index in [0.717, 1.165) is 10.4 Å². The summed E-state index contributed by atoms with van der Waals surface area (Å²) in [6, 6.07) is 17.6. The first-order valence-corrected chi connectivity index (χ1v) is 10.3. The first-order valence-electron chi connectivity index (χ1n) is 9.45. The number of ether oxygens (including phenoxy) is 1. The van der Waals surface area contributed by atoms with Crippen molar-refractivity contribution < 1.29 is 13.5 Å². The largest absolute Gasteiger partial charge is 0.435 e. The van der Waals surface area contributed by atoms with Gasteiger partial charge in [0.15, 0.2) is 5.82 Å². The van der Waals surface area contributed by atoms with E-state index in [-0.39, 0.29) is 17.9 Å². The Morgan fingerprint density at radius 1 is 1.06 bits per heavy atom. The lowest BCUT2D eigenvalue weighted by Gasteiger charge is -2.08. The van der Waals surface area contributed by atoms with Crippen LogP contribution in [0.4, 0.5) is 8.78 Å². The molecule has 0 saturated heterocycles. The van der Waals surface area contributed by atoms with Gasteiger partial charge in [-0.15, -0.1) is 16.4 Å². The molecule has 0 spiro atoms. The highest BCUT2D eigenvalue weighted by Crippen LogP contribution is 2.30. The maximum absolute atomic E-state index is 13.1. The predicted octanol–water partition coefficient (Wildman–Crippen LogP) is 3.75. The normalized spacial score (nSPS) is 11.3. The van der Waals surface area contributed by atoms with Gasteiger partial charge in [0, 0.05) is 4.88 Å². The van der Waals surface area contributed by atoms with Crippen molar-refractivity contribution in [2.24, 2.45) is 0 Å². The van der Waals surface area contributed by atoms with E-state index in [4.69, 9.17) is 0 Å². The Balaban J connectivity index is 1.45. The summed E-state index contributed by atoms with van der Waals surface area (Å²) in [4.78, 5) is 18.4. The number of hydrogen-bond acceptors (Lipinski definition) is 7. The van der Waals surface area contributed by atoms with Crippen molar-refractivity contribution >= 4 is 21.6 Å². The maximum atomic E-state index is 13.1. The van der Waals surface area contributed by atoms with Gasteiger partial charge in [0.25, 0.3) is 5.56 Å². The molecule has 11 heteroatoms. The number of thiophene rings is 1. The fraction of sp³-hybridized carbons (Fsp3) is 0.0952. The van der Waals surface area contributed by atoms with Crippen molar-refractivity contribution in [3.8, 4) is 21.9 Å². The number of benzene rings is 2. The Morgan fingerprint density at radius 3 is 2.59 bits per heavy atom. The van der Waals surface area contributed by atoms with E-state index in [0.29, 0.717) is 21.7 Å². The average molecular weight is 452 g/mol. The van der Waals surface area contributed by atoms with Crippen molar-refractivity contribution in [2.45, 2.75) is 13.2 Å². The van der Waals surface area contributed by atoms with Crippen LogP contribution in [0.15, 0.2) is 71.8 Å². The average Bonchev–Trinajstić information content (AvgIpc) is 3.44. The molecule has 160 valence electrons. The number of aromatic nitrogens is 6. The quantitative estimate of drug-likeness (QED) is 0.390. The lowest BCUT2D eigenvalue weighted by atomic mass is 10.2. The van der Waals surface area contributed by atoms with Crippen LogP contribution in [0.1, 0.15) is 5.82 Å². The lowest BCUT2D eigenvalue weighted by molar-refractivity contribution is -0.0498. The molecule has 0 N–H and O–H groups in total. The number of halogens is 2. The maximum Gasteiger partial charge on any atom is 0.387 e. The fourth-order valence-corrected chi connectivity index (χ4v) is 4.29. The highest BCUT2D eigenvalue weighted by molar-refractivity contribution is 7.22. The molecule has 5 aromatic rings. The molecule has 0 radical (unpaired) electrons. The van der Waals surface area contributed by atoms with Crippen molar-refractivity contribution in [3.05, 3.63) is 83.2 Å². The highest BCUT2D eigenvalue weighted by Gasteiger charge is 2.14. The van der Waals surface area contributed by atoms with Crippen LogP contribution in [0.5, 0.6) is 5.75 Å². The first kappa shape index (κ1) is 19.9. The molecule has 0 bridgehead atoms. The minimum Gasteiger partial charge on any atom is -0.435 e. The lowest BCUT2D eigenvalue weighted by Crippen LogP contribution is -2.22. The Morgan fingerprint density at radius 2 is 1.84 bits per heavy atom. The molecule has 0 unspecified atom stereocenters. The van der Waals surface area contributed by atoms with Crippen LogP contribution in [-0.4, -0.2) is 36.4 Å². The van der Waals surface area contributed by atoms with Gasteiger partial charge in [0.05, 0.1) is 24.1 Å². The number of nitrogens with zero attached hydrogens (tertiary/aromatic N) is 6. The van der Waals surface area contributed by atoms with E-state index >= 15 is 0 Å². The van der Waals surface area contributed by atoms with Gasteiger partial charge in [-0.05, 0) is 46.3 Å². The summed E-state index contributed by atoms with van der Waals surface area (Å²) in [5, 5.41) is 11.6. The first-order chi connectivity index (χ1) is 15.6. The van der Waals surface area contributed by atoms with Crippen LogP contribution < -0.4 is 10.3 Å². The molecule has 0 aliphatic heterocycles. The van der Waals surface area contributed by atoms with E-state index < -0.39 is 6.61 Å². The van der Waals surface area contributed by atoms with Crippen molar-refractivity contribution in [3.63, 3.8) is 0 Å². The van der Waals surface area contributed by atoms with Crippen LogP contribution in [0.2, 0.25) is 0 Å². The smallest absolute Gasteiger partial charge is 0.387 e. The predicted molar refractivity (Wildman–Crippen MR) is 114 cm³/mol.